The van der Waals surface area contributed by atoms with Crippen molar-refractivity contribution in [3.8, 4) is 11.4 Å². The van der Waals surface area contributed by atoms with Crippen LogP contribution in [-0.4, -0.2) is 20.8 Å². The summed E-state index contributed by atoms with van der Waals surface area (Å²) in [6.07, 6.45) is 3.81. The molecule has 2 aromatic heterocycles. The number of rotatable bonds is 2. The molecule has 4 rings (SSSR count). The second kappa shape index (κ2) is 5.65. The van der Waals surface area contributed by atoms with Crippen LogP contribution in [-0.2, 0) is 4.79 Å². The second-order valence-electron chi connectivity index (χ2n) is 5.67. The van der Waals surface area contributed by atoms with Gasteiger partial charge in [0.25, 0.3) is 0 Å². The number of thiazole rings is 1. The van der Waals surface area contributed by atoms with E-state index < -0.39 is 0 Å². The third-order valence-electron chi connectivity index (χ3n) is 4.15. The first-order chi connectivity index (χ1) is 11.6. The molecule has 0 saturated carbocycles. The van der Waals surface area contributed by atoms with E-state index in [-0.39, 0.29) is 11.9 Å². The number of hydrogen-bond acceptors (Lipinski definition) is 4. The third-order valence-corrected chi connectivity index (χ3v) is 4.82. The Kier molecular flexibility index (Phi) is 3.46. The molecule has 0 saturated heterocycles. The van der Waals surface area contributed by atoms with Crippen LogP contribution in [0.25, 0.3) is 17.5 Å². The lowest BCUT2D eigenvalue weighted by molar-refractivity contribution is -0.127. The van der Waals surface area contributed by atoms with Crippen LogP contribution in [0.5, 0.6) is 0 Å². The van der Waals surface area contributed by atoms with Crippen LogP contribution in [0.1, 0.15) is 29.8 Å². The molecule has 3 aromatic rings. The molecule has 5 nitrogen and oxygen atoms in total. The Labute approximate surface area is 143 Å². The highest BCUT2D eigenvalue weighted by molar-refractivity contribution is 7.13. The molecule has 1 amide bonds. The normalized spacial score (nSPS) is 16.2. The lowest BCUT2D eigenvalue weighted by Crippen LogP contribution is -2.31. The van der Waals surface area contributed by atoms with Crippen molar-refractivity contribution < 1.29 is 4.79 Å². The highest BCUT2D eigenvalue weighted by Crippen LogP contribution is 2.36. The van der Waals surface area contributed by atoms with Crippen LogP contribution in [0.3, 0.4) is 0 Å². The maximum atomic E-state index is 12.1. The Hall–Kier alpha value is -2.86. The van der Waals surface area contributed by atoms with E-state index in [1.165, 1.54) is 11.3 Å². The molecule has 1 atom stereocenters. The summed E-state index contributed by atoms with van der Waals surface area (Å²) in [6.45, 7) is 1.58. The molecule has 120 valence electrons. The van der Waals surface area contributed by atoms with Crippen LogP contribution in [0.15, 0.2) is 48.0 Å². The first-order valence-electron chi connectivity index (χ1n) is 7.60. The number of anilines is 1. The van der Waals surface area contributed by atoms with Gasteiger partial charge in [0.05, 0.1) is 11.4 Å². The smallest absolute Gasteiger partial charge is 0.224 e. The quantitative estimate of drug-likeness (QED) is 0.750. The zero-order chi connectivity index (χ0) is 16.7. The van der Waals surface area contributed by atoms with Gasteiger partial charge in [-0.2, -0.15) is 0 Å². The molecule has 0 radical (unpaired) electrons. The minimum Gasteiger partial charge on any atom is -0.375 e. The van der Waals surface area contributed by atoms with Gasteiger partial charge in [-0.15, -0.1) is 11.3 Å². The molecule has 1 aliphatic heterocycles. The fourth-order valence-corrected chi connectivity index (χ4v) is 3.61. The number of nitrogens with zero attached hydrogens (tertiary/aromatic N) is 2. The van der Waals surface area contributed by atoms with Crippen molar-refractivity contribution in [3.05, 3.63) is 64.8 Å². The average molecular weight is 336 g/mol. The van der Waals surface area contributed by atoms with E-state index in [1.54, 1.807) is 11.8 Å². The van der Waals surface area contributed by atoms with Crippen LogP contribution < -0.4 is 5.73 Å². The highest BCUT2D eigenvalue weighted by Gasteiger charge is 2.28. The molecule has 1 aliphatic rings. The Morgan fingerprint density at radius 2 is 2.12 bits per heavy atom. The number of benzene rings is 1. The second-order valence-corrected chi connectivity index (χ2v) is 6.56. The molecule has 0 aliphatic carbocycles. The van der Waals surface area contributed by atoms with Gasteiger partial charge >= 0.3 is 0 Å². The summed E-state index contributed by atoms with van der Waals surface area (Å²) in [7, 11) is 0. The highest BCUT2D eigenvalue weighted by atomic mass is 32.1. The van der Waals surface area contributed by atoms with Gasteiger partial charge in [-0.1, -0.05) is 24.3 Å². The number of H-pyrrole nitrogens is 1. The topological polar surface area (TPSA) is 75.0 Å². The first kappa shape index (κ1) is 14.7. The van der Waals surface area contributed by atoms with Crippen molar-refractivity contribution in [3.63, 3.8) is 0 Å². The number of carbonyl (C=O) groups excluding carboxylic acids is 1. The molecule has 6 heteroatoms. The number of nitrogens with two attached hydrogens (primary N) is 1. The molecular formula is C18H16N4OS. The number of nitrogens with one attached hydrogen (secondary N) is 1. The maximum absolute atomic E-state index is 12.1. The van der Waals surface area contributed by atoms with E-state index in [0.717, 1.165) is 28.2 Å². The lowest BCUT2D eigenvalue weighted by Gasteiger charge is -2.32. The van der Waals surface area contributed by atoms with Gasteiger partial charge in [0.2, 0.25) is 5.91 Å². The minimum atomic E-state index is -0.173. The summed E-state index contributed by atoms with van der Waals surface area (Å²) in [6, 6.07) is 11.9. The first-order valence-corrected chi connectivity index (χ1v) is 8.48. The minimum absolute atomic E-state index is 0.000180. The van der Waals surface area contributed by atoms with Crippen LogP contribution in [0.2, 0.25) is 0 Å². The van der Waals surface area contributed by atoms with Crippen molar-refractivity contribution in [1.29, 1.82) is 0 Å². The van der Waals surface area contributed by atoms with E-state index in [1.807, 2.05) is 41.9 Å². The van der Waals surface area contributed by atoms with Gasteiger partial charge in [-0.3, -0.25) is 4.79 Å². The van der Waals surface area contributed by atoms with E-state index in [4.69, 9.17) is 5.73 Å². The molecule has 0 bridgehead atoms. The van der Waals surface area contributed by atoms with Gasteiger partial charge < -0.3 is 15.6 Å². The fraction of sp³-hybridized carbons (Fsp3) is 0.111. The lowest BCUT2D eigenvalue weighted by atomic mass is 9.94. The molecular weight excluding hydrogens is 320 g/mol. The summed E-state index contributed by atoms with van der Waals surface area (Å²) in [5, 5.41) is 2.46. The summed E-state index contributed by atoms with van der Waals surface area (Å²) in [5.74, 6) is -0.000180. The van der Waals surface area contributed by atoms with E-state index >= 15 is 0 Å². The number of nitrogen functional groups attached to an aromatic ring is 1. The Morgan fingerprint density at radius 1 is 1.29 bits per heavy atom. The van der Waals surface area contributed by atoms with Gasteiger partial charge in [0.15, 0.2) is 5.13 Å². The monoisotopic (exact) mass is 336 g/mol. The Balaban J connectivity index is 1.80. The van der Waals surface area contributed by atoms with Crippen LogP contribution in [0.4, 0.5) is 5.13 Å². The number of fused-ring (bicyclic) bond motifs is 1. The standard InChI is InChI=1S/C18H16N4OS/c1-11(23)22-9-8-12-4-2-3-5-13(12)17(22)15-7-6-14(20-15)16-10-24-18(19)21-16/h2-10,17,20H,1H3,(H2,19,21). The van der Waals surface area contributed by atoms with Crippen molar-refractivity contribution in [1.82, 2.24) is 14.9 Å². The number of aromatic nitrogens is 2. The molecule has 3 heterocycles. The largest absolute Gasteiger partial charge is 0.375 e. The summed E-state index contributed by atoms with van der Waals surface area (Å²) in [4.78, 5) is 21.6. The molecule has 3 N–H and O–H groups in total. The van der Waals surface area contributed by atoms with Gasteiger partial charge in [0.1, 0.15) is 6.04 Å². The summed E-state index contributed by atoms with van der Waals surface area (Å²) in [5.41, 5.74) is 10.6. The maximum Gasteiger partial charge on any atom is 0.224 e. The Morgan fingerprint density at radius 3 is 2.88 bits per heavy atom. The van der Waals surface area contributed by atoms with Crippen molar-refractivity contribution in [2.45, 2.75) is 13.0 Å². The van der Waals surface area contributed by atoms with Crippen molar-refractivity contribution in [2.24, 2.45) is 0 Å². The SMILES string of the molecule is CC(=O)N1C=Cc2ccccc2C1c1ccc(-c2csc(N)n2)[nH]1. The number of amides is 1. The van der Waals surface area contributed by atoms with Crippen LogP contribution in [0, 0.1) is 0 Å². The predicted octanol–water partition coefficient (Wildman–Crippen LogP) is 3.64. The predicted molar refractivity (Wildman–Crippen MR) is 96.2 cm³/mol. The van der Waals surface area contributed by atoms with E-state index in [9.17, 15) is 4.79 Å². The van der Waals surface area contributed by atoms with Crippen molar-refractivity contribution in [2.75, 3.05) is 5.73 Å². The van der Waals surface area contributed by atoms with Crippen LogP contribution >= 0.6 is 11.3 Å². The zero-order valence-corrected chi connectivity index (χ0v) is 13.9. The van der Waals surface area contributed by atoms with Crippen molar-refractivity contribution >= 4 is 28.5 Å². The number of carbonyl (C=O) groups is 1. The average Bonchev–Trinajstić information content (AvgIpc) is 3.22. The fourth-order valence-electron chi connectivity index (χ4n) is 3.04. The van der Waals surface area contributed by atoms with E-state index in [0.29, 0.717) is 5.13 Å². The van der Waals surface area contributed by atoms with Gasteiger partial charge in [-0.05, 0) is 29.3 Å². The molecule has 0 fully saturated rings. The van der Waals surface area contributed by atoms with Gasteiger partial charge in [-0.25, -0.2) is 4.98 Å². The van der Waals surface area contributed by atoms with E-state index in [2.05, 4.69) is 22.1 Å². The number of aromatic amines is 1. The third kappa shape index (κ3) is 2.41. The molecule has 0 spiro atoms. The number of hydrogen-bond donors (Lipinski definition) is 2. The molecule has 1 unspecified atom stereocenters. The summed E-state index contributed by atoms with van der Waals surface area (Å²) < 4.78 is 0. The Bertz CT molecular complexity index is 940. The molecule has 1 aromatic carbocycles. The molecule has 24 heavy (non-hydrogen) atoms. The van der Waals surface area contributed by atoms with Gasteiger partial charge in [0, 0.05) is 24.2 Å². The summed E-state index contributed by atoms with van der Waals surface area (Å²) >= 11 is 1.41. The zero-order valence-electron chi connectivity index (χ0n) is 13.1.